The Labute approximate surface area is 75.2 Å². The molecule has 0 heterocycles. The van der Waals surface area contributed by atoms with Crippen LogP contribution in [0.5, 0.6) is 0 Å². The minimum Gasteiger partial charge on any atom is -0.0912 e. The number of rotatable bonds is 0. The fraction of sp³-hybridized carbons (Fsp3) is 0.333. The molecule has 66 valence electrons. The Balaban J connectivity index is 0.000000354. The molecular formula is C12H18. The normalized spacial score (nSPS) is 10.4. The Morgan fingerprint density at radius 3 is 2.08 bits per heavy atom. The minimum atomic E-state index is 1.10. The van der Waals surface area contributed by atoms with Crippen molar-refractivity contribution >= 4 is 12.7 Å². The summed E-state index contributed by atoms with van der Waals surface area (Å²) < 4.78 is 0. The molecule has 12 heavy (non-hydrogen) atoms. The highest BCUT2D eigenvalue weighted by Gasteiger charge is 1.74. The zero-order valence-electron chi connectivity index (χ0n) is 8.30. The van der Waals surface area contributed by atoms with Gasteiger partial charge >= 0.3 is 0 Å². The Bertz CT molecular complexity index is 296. The molecule has 0 amide bonds. The first kappa shape index (κ1) is 11.0. The molecule has 1 aromatic carbocycles. The van der Waals surface area contributed by atoms with E-state index in [2.05, 4.69) is 32.6 Å². The van der Waals surface area contributed by atoms with Gasteiger partial charge < -0.3 is 0 Å². The van der Waals surface area contributed by atoms with Gasteiger partial charge in [0, 0.05) is 0 Å². The maximum atomic E-state index is 3.86. The van der Waals surface area contributed by atoms with Crippen molar-refractivity contribution in [2.24, 2.45) is 0 Å². The van der Waals surface area contributed by atoms with Gasteiger partial charge in [-0.15, -0.1) is 0 Å². The van der Waals surface area contributed by atoms with E-state index in [-0.39, 0.29) is 0 Å². The molecule has 0 nitrogen and oxygen atoms in total. The summed E-state index contributed by atoms with van der Waals surface area (Å²) in [6, 6.07) is 8.08. The molecule has 0 aromatic heterocycles. The lowest BCUT2D eigenvalue weighted by molar-refractivity contribution is 1.09. The summed E-state index contributed by atoms with van der Waals surface area (Å²) in [5, 5.41) is 2.32. The molecule has 0 aliphatic rings. The summed E-state index contributed by atoms with van der Waals surface area (Å²) >= 11 is 0. The van der Waals surface area contributed by atoms with Crippen LogP contribution in [0.3, 0.4) is 0 Å². The zero-order chi connectivity index (χ0) is 9.40. The van der Waals surface area contributed by atoms with Crippen molar-refractivity contribution in [3.05, 3.63) is 34.7 Å². The van der Waals surface area contributed by atoms with E-state index >= 15 is 0 Å². The highest BCUT2D eigenvalue weighted by atomic mass is 13.8. The van der Waals surface area contributed by atoms with E-state index in [1.54, 1.807) is 0 Å². The van der Waals surface area contributed by atoms with E-state index in [1.165, 1.54) is 11.6 Å². The van der Waals surface area contributed by atoms with Gasteiger partial charge in [-0.2, -0.15) is 0 Å². The number of hydrogen-bond donors (Lipinski definition) is 0. The standard InChI is InChI=1S/C9H10.C3H8/c1-3-9-7-5-4-6-8(9)2;1-3-2/h3-7H,2H2,1H3;3H2,1-2H3/b9-3-;. The maximum Gasteiger partial charge on any atom is -0.0233 e. The topological polar surface area (TPSA) is 0 Å². The molecule has 0 saturated carbocycles. The molecular weight excluding hydrogens is 144 g/mol. The summed E-state index contributed by atoms with van der Waals surface area (Å²) in [7, 11) is 0. The average Bonchev–Trinajstić information content (AvgIpc) is 2.07. The second-order valence-corrected chi connectivity index (χ2v) is 2.69. The average molecular weight is 162 g/mol. The van der Waals surface area contributed by atoms with E-state index < -0.39 is 0 Å². The summed E-state index contributed by atoms with van der Waals surface area (Å²) in [6.07, 6.45) is 3.31. The van der Waals surface area contributed by atoms with Crippen LogP contribution in [0, 0.1) is 0 Å². The molecule has 0 heteroatoms. The quantitative estimate of drug-likeness (QED) is 0.549. The Kier molecular flexibility index (Phi) is 6.08. The SMILES string of the molecule is C=c1cccc/c1=C/C.CCC. The van der Waals surface area contributed by atoms with Gasteiger partial charge in [-0.25, -0.2) is 0 Å². The Hall–Kier alpha value is -1.04. The first-order chi connectivity index (χ1) is 5.76. The van der Waals surface area contributed by atoms with Crippen LogP contribution in [0.1, 0.15) is 27.2 Å². The largest absolute Gasteiger partial charge is 0.0912 e. The van der Waals surface area contributed by atoms with Crippen molar-refractivity contribution in [3.63, 3.8) is 0 Å². The van der Waals surface area contributed by atoms with Crippen molar-refractivity contribution in [1.82, 2.24) is 0 Å². The molecule has 1 aromatic rings. The van der Waals surface area contributed by atoms with E-state index in [1.807, 2.05) is 25.1 Å². The van der Waals surface area contributed by atoms with Gasteiger partial charge in [-0.1, -0.05) is 57.2 Å². The van der Waals surface area contributed by atoms with Crippen molar-refractivity contribution in [2.75, 3.05) is 0 Å². The smallest absolute Gasteiger partial charge is 0.0233 e. The second kappa shape index (κ2) is 6.66. The zero-order valence-corrected chi connectivity index (χ0v) is 8.30. The Morgan fingerprint density at radius 1 is 1.25 bits per heavy atom. The van der Waals surface area contributed by atoms with Crippen molar-refractivity contribution in [1.29, 1.82) is 0 Å². The molecule has 0 radical (unpaired) electrons. The van der Waals surface area contributed by atoms with Gasteiger partial charge in [0.1, 0.15) is 0 Å². The molecule has 0 fully saturated rings. The van der Waals surface area contributed by atoms with E-state index in [0.717, 1.165) is 5.22 Å². The minimum absolute atomic E-state index is 1.10. The molecule has 0 N–H and O–H groups in total. The lowest BCUT2D eigenvalue weighted by Crippen LogP contribution is -2.20. The van der Waals surface area contributed by atoms with Crippen LogP contribution in [0.15, 0.2) is 24.3 Å². The Morgan fingerprint density at radius 2 is 1.75 bits per heavy atom. The third-order valence-corrected chi connectivity index (χ3v) is 1.37. The van der Waals surface area contributed by atoms with Crippen LogP contribution in [-0.2, 0) is 0 Å². The van der Waals surface area contributed by atoms with Gasteiger partial charge in [0.15, 0.2) is 0 Å². The molecule has 0 bridgehead atoms. The van der Waals surface area contributed by atoms with Crippen LogP contribution < -0.4 is 10.4 Å². The van der Waals surface area contributed by atoms with Crippen molar-refractivity contribution in [2.45, 2.75) is 27.2 Å². The highest BCUT2D eigenvalue weighted by Crippen LogP contribution is 1.68. The number of benzene rings is 1. The maximum absolute atomic E-state index is 3.86. The lowest BCUT2D eigenvalue weighted by atomic mass is 10.2. The van der Waals surface area contributed by atoms with E-state index in [0.29, 0.717) is 0 Å². The fourth-order valence-corrected chi connectivity index (χ4v) is 0.816. The molecule has 0 saturated heterocycles. The van der Waals surface area contributed by atoms with Crippen LogP contribution in [-0.4, -0.2) is 0 Å². The summed E-state index contributed by atoms with van der Waals surface area (Å²) in [5.41, 5.74) is 0. The van der Waals surface area contributed by atoms with Gasteiger partial charge in [-0.05, 0) is 17.4 Å². The van der Waals surface area contributed by atoms with Gasteiger partial charge in [0.25, 0.3) is 0 Å². The molecule has 0 aliphatic heterocycles. The predicted molar refractivity (Wildman–Crippen MR) is 57.3 cm³/mol. The molecule has 1 rings (SSSR count). The highest BCUT2D eigenvalue weighted by molar-refractivity contribution is 5.23. The third-order valence-electron chi connectivity index (χ3n) is 1.37. The summed E-state index contributed by atoms with van der Waals surface area (Å²) in [6.45, 7) is 10.1. The van der Waals surface area contributed by atoms with Crippen LogP contribution in [0.25, 0.3) is 12.7 Å². The second-order valence-electron chi connectivity index (χ2n) is 2.69. The van der Waals surface area contributed by atoms with Crippen LogP contribution >= 0.6 is 0 Å². The van der Waals surface area contributed by atoms with Crippen molar-refractivity contribution < 1.29 is 0 Å². The summed E-state index contributed by atoms with van der Waals surface area (Å²) in [5.74, 6) is 0. The van der Waals surface area contributed by atoms with E-state index in [9.17, 15) is 0 Å². The first-order valence-electron chi connectivity index (χ1n) is 4.46. The number of hydrogen-bond acceptors (Lipinski definition) is 0. The van der Waals surface area contributed by atoms with Gasteiger partial charge in [-0.3, -0.25) is 0 Å². The van der Waals surface area contributed by atoms with Crippen molar-refractivity contribution in [3.8, 4) is 0 Å². The molecule has 0 atom stereocenters. The van der Waals surface area contributed by atoms with E-state index in [4.69, 9.17) is 0 Å². The third kappa shape index (κ3) is 3.97. The molecule has 0 unspecified atom stereocenters. The summed E-state index contributed by atoms with van der Waals surface area (Å²) in [4.78, 5) is 0. The predicted octanol–water partition coefficient (Wildman–Crippen LogP) is 2.31. The van der Waals surface area contributed by atoms with Crippen LogP contribution in [0.2, 0.25) is 0 Å². The molecule has 0 aliphatic carbocycles. The fourth-order valence-electron chi connectivity index (χ4n) is 0.816. The monoisotopic (exact) mass is 162 g/mol. The molecule has 0 spiro atoms. The van der Waals surface area contributed by atoms with Gasteiger partial charge in [0.05, 0.1) is 0 Å². The van der Waals surface area contributed by atoms with Gasteiger partial charge in [0.2, 0.25) is 0 Å². The first-order valence-corrected chi connectivity index (χ1v) is 4.46. The van der Waals surface area contributed by atoms with Crippen LogP contribution in [0.4, 0.5) is 0 Å². The lowest BCUT2D eigenvalue weighted by Gasteiger charge is -1.82.